The quantitative estimate of drug-likeness (QED) is 0.746. The summed E-state index contributed by atoms with van der Waals surface area (Å²) in [5.74, 6) is -0.944. The number of rotatable bonds is 4. The highest BCUT2D eigenvalue weighted by molar-refractivity contribution is 5.93. The van der Waals surface area contributed by atoms with Gasteiger partial charge in [0.25, 0.3) is 0 Å². The maximum atomic E-state index is 13.2. The molecule has 7 heteroatoms. The molecule has 2 saturated heterocycles. The third kappa shape index (κ3) is 3.04. The molecule has 0 saturated carbocycles. The maximum absolute atomic E-state index is 13.2. The van der Waals surface area contributed by atoms with Gasteiger partial charge in [-0.05, 0) is 11.5 Å². The van der Waals surface area contributed by atoms with Crippen molar-refractivity contribution in [1.29, 1.82) is 0 Å². The minimum Gasteiger partial charge on any atom is -0.360 e. The Labute approximate surface area is 159 Å². The lowest BCUT2D eigenvalue weighted by atomic mass is 9.76. The van der Waals surface area contributed by atoms with E-state index in [1.165, 1.54) is 6.33 Å². The van der Waals surface area contributed by atoms with Gasteiger partial charge in [-0.1, -0.05) is 32.9 Å². The molecule has 1 aromatic rings. The highest BCUT2D eigenvalue weighted by Gasteiger charge is 2.67. The van der Waals surface area contributed by atoms with E-state index < -0.39 is 17.4 Å². The molecule has 27 heavy (non-hydrogen) atoms. The Morgan fingerprint density at radius 1 is 1.44 bits per heavy atom. The highest BCUT2D eigenvalue weighted by Crippen LogP contribution is 2.52. The van der Waals surface area contributed by atoms with E-state index in [2.05, 4.69) is 30.7 Å². The lowest BCUT2D eigenvalue weighted by Crippen LogP contribution is -2.45. The van der Waals surface area contributed by atoms with Gasteiger partial charge in [0.05, 0.1) is 36.7 Å². The number of hydrogen-bond donors (Lipinski definition) is 0. The molecule has 4 atom stereocenters. The Balaban J connectivity index is 1.55. The summed E-state index contributed by atoms with van der Waals surface area (Å²) in [5, 5.41) is 0. The molecule has 144 valence electrons. The average molecular weight is 370 g/mol. The van der Waals surface area contributed by atoms with Crippen LogP contribution in [-0.4, -0.2) is 63.4 Å². The number of amides is 2. The van der Waals surface area contributed by atoms with Crippen molar-refractivity contribution in [3.63, 3.8) is 0 Å². The van der Waals surface area contributed by atoms with Gasteiger partial charge in [0.1, 0.15) is 11.9 Å². The van der Waals surface area contributed by atoms with Gasteiger partial charge in [-0.3, -0.25) is 9.59 Å². The molecule has 0 radical (unpaired) electrons. The number of fused-ring (bicyclic) bond motifs is 1. The molecule has 2 amide bonds. The summed E-state index contributed by atoms with van der Waals surface area (Å²) in [6.07, 6.45) is 6.75. The van der Waals surface area contributed by atoms with Crippen molar-refractivity contribution in [1.82, 2.24) is 19.8 Å². The number of likely N-dealkylation sites (tertiary alicyclic amines) is 1. The van der Waals surface area contributed by atoms with Crippen LogP contribution >= 0.6 is 0 Å². The second kappa shape index (κ2) is 6.12. The average Bonchev–Trinajstić information content (AvgIpc) is 3.22. The van der Waals surface area contributed by atoms with Crippen molar-refractivity contribution in [3.8, 4) is 0 Å². The zero-order chi connectivity index (χ0) is 19.4. The van der Waals surface area contributed by atoms with E-state index in [4.69, 9.17) is 4.74 Å². The van der Waals surface area contributed by atoms with Crippen molar-refractivity contribution in [2.24, 2.45) is 17.3 Å². The van der Waals surface area contributed by atoms with Gasteiger partial charge < -0.3 is 14.5 Å². The fourth-order valence-corrected chi connectivity index (χ4v) is 4.55. The second-order valence-electron chi connectivity index (χ2n) is 9.05. The molecule has 3 aliphatic rings. The Bertz CT molecular complexity index is 788. The zero-order valence-electron chi connectivity index (χ0n) is 16.3. The van der Waals surface area contributed by atoms with Gasteiger partial charge in [0.15, 0.2) is 0 Å². The Hall–Kier alpha value is -2.28. The fraction of sp³-hybridized carbons (Fsp3) is 0.600. The van der Waals surface area contributed by atoms with Crippen LogP contribution in [0.4, 0.5) is 0 Å². The molecule has 2 bridgehead atoms. The molecule has 7 nitrogen and oxygen atoms in total. The summed E-state index contributed by atoms with van der Waals surface area (Å²) in [7, 11) is 1.75. The highest BCUT2D eigenvalue weighted by atomic mass is 16.5. The van der Waals surface area contributed by atoms with Crippen LogP contribution in [0.2, 0.25) is 0 Å². The summed E-state index contributed by atoms with van der Waals surface area (Å²) in [6, 6.07) is 1.79. The molecule has 0 aromatic carbocycles. The molecule has 0 unspecified atom stereocenters. The normalized spacial score (nSPS) is 31.5. The molecular weight excluding hydrogens is 344 g/mol. The van der Waals surface area contributed by atoms with Crippen LogP contribution in [0.1, 0.15) is 26.5 Å². The first kappa shape index (κ1) is 18.1. The molecule has 0 N–H and O–H groups in total. The van der Waals surface area contributed by atoms with E-state index in [1.807, 2.05) is 17.1 Å². The SMILES string of the molecule is CN(Cc1ccncn1)C(=O)[C@H]1[C@@H]2C=C[C@@]3(CN(CC(C)(C)C)C(=O)[C@@H]13)O2. The number of aromatic nitrogens is 2. The van der Waals surface area contributed by atoms with Gasteiger partial charge in [0.2, 0.25) is 11.8 Å². The Morgan fingerprint density at radius 2 is 2.22 bits per heavy atom. The van der Waals surface area contributed by atoms with Gasteiger partial charge in [-0.25, -0.2) is 9.97 Å². The smallest absolute Gasteiger partial charge is 0.230 e. The van der Waals surface area contributed by atoms with Gasteiger partial charge in [-0.15, -0.1) is 0 Å². The summed E-state index contributed by atoms with van der Waals surface area (Å²) in [5.41, 5.74) is 0.112. The van der Waals surface area contributed by atoms with Crippen LogP contribution in [0.5, 0.6) is 0 Å². The largest absolute Gasteiger partial charge is 0.360 e. The van der Waals surface area contributed by atoms with Gasteiger partial charge >= 0.3 is 0 Å². The van der Waals surface area contributed by atoms with E-state index in [-0.39, 0.29) is 23.3 Å². The van der Waals surface area contributed by atoms with Crippen LogP contribution in [0.25, 0.3) is 0 Å². The van der Waals surface area contributed by atoms with Crippen molar-refractivity contribution < 1.29 is 14.3 Å². The fourth-order valence-electron chi connectivity index (χ4n) is 4.55. The number of carbonyl (C=O) groups excluding carboxylic acids is 2. The van der Waals surface area contributed by atoms with Gasteiger partial charge in [0, 0.05) is 19.8 Å². The molecule has 1 spiro atoms. The summed E-state index contributed by atoms with van der Waals surface area (Å²) >= 11 is 0. The Kier molecular flexibility index (Phi) is 4.10. The predicted molar refractivity (Wildman–Crippen MR) is 98.3 cm³/mol. The number of nitrogens with zero attached hydrogens (tertiary/aromatic N) is 4. The van der Waals surface area contributed by atoms with E-state index in [0.717, 1.165) is 5.69 Å². The number of carbonyl (C=O) groups is 2. The van der Waals surface area contributed by atoms with Crippen LogP contribution in [-0.2, 0) is 20.9 Å². The number of ether oxygens (including phenoxy) is 1. The first-order valence-electron chi connectivity index (χ1n) is 9.36. The molecule has 0 aliphatic carbocycles. The lowest BCUT2D eigenvalue weighted by Gasteiger charge is -2.29. The van der Waals surface area contributed by atoms with Crippen LogP contribution in [0.15, 0.2) is 30.7 Å². The second-order valence-corrected chi connectivity index (χ2v) is 9.05. The molecule has 2 fully saturated rings. The zero-order valence-corrected chi connectivity index (χ0v) is 16.3. The minimum atomic E-state index is -0.650. The van der Waals surface area contributed by atoms with Crippen LogP contribution in [0, 0.1) is 17.3 Å². The van der Waals surface area contributed by atoms with E-state index in [0.29, 0.717) is 19.6 Å². The van der Waals surface area contributed by atoms with Crippen molar-refractivity contribution in [2.75, 3.05) is 20.1 Å². The van der Waals surface area contributed by atoms with E-state index >= 15 is 0 Å². The van der Waals surface area contributed by atoms with E-state index in [1.54, 1.807) is 24.2 Å². The first-order valence-corrected chi connectivity index (χ1v) is 9.36. The third-order valence-corrected chi connectivity index (χ3v) is 5.55. The summed E-state index contributed by atoms with van der Waals surface area (Å²) in [6.45, 7) is 7.90. The summed E-state index contributed by atoms with van der Waals surface area (Å²) < 4.78 is 6.19. The standard InChI is InChI=1S/C20H26N4O3/c1-19(2,3)10-24-11-20-7-5-14(27-20)15(16(20)18(24)26)17(25)23(4)9-13-6-8-21-12-22-13/h5-8,12,14-16H,9-11H2,1-4H3/t14-,15-,16+,20-/m0/s1. The lowest BCUT2D eigenvalue weighted by molar-refractivity contribution is -0.143. The minimum absolute atomic E-state index is 0.00400. The third-order valence-electron chi connectivity index (χ3n) is 5.55. The van der Waals surface area contributed by atoms with Gasteiger partial charge in [-0.2, -0.15) is 0 Å². The first-order chi connectivity index (χ1) is 12.7. The molecular formula is C20H26N4O3. The number of hydrogen-bond acceptors (Lipinski definition) is 5. The molecule has 3 aliphatic heterocycles. The van der Waals surface area contributed by atoms with Crippen LogP contribution in [0.3, 0.4) is 0 Å². The molecule has 1 aromatic heterocycles. The summed E-state index contributed by atoms with van der Waals surface area (Å²) in [4.78, 5) is 38.0. The van der Waals surface area contributed by atoms with E-state index in [9.17, 15) is 9.59 Å². The van der Waals surface area contributed by atoms with Crippen molar-refractivity contribution in [3.05, 3.63) is 36.4 Å². The predicted octanol–water partition coefficient (Wildman–Crippen LogP) is 1.26. The molecule has 4 rings (SSSR count). The van der Waals surface area contributed by atoms with Crippen molar-refractivity contribution in [2.45, 2.75) is 39.0 Å². The monoisotopic (exact) mass is 370 g/mol. The van der Waals surface area contributed by atoms with Crippen LogP contribution < -0.4 is 0 Å². The van der Waals surface area contributed by atoms with Crippen molar-refractivity contribution >= 4 is 11.8 Å². The Morgan fingerprint density at radius 3 is 2.89 bits per heavy atom. The topological polar surface area (TPSA) is 75.6 Å². The molecule has 4 heterocycles. The maximum Gasteiger partial charge on any atom is 0.230 e.